The first kappa shape index (κ1) is 13.1. The van der Waals surface area contributed by atoms with E-state index in [-0.39, 0.29) is 10.9 Å². The van der Waals surface area contributed by atoms with Crippen LogP contribution in [-0.4, -0.2) is 9.97 Å². The third-order valence-corrected chi connectivity index (χ3v) is 4.53. The first-order valence-corrected chi connectivity index (χ1v) is 7.72. The predicted molar refractivity (Wildman–Crippen MR) is 97.7 cm³/mol. The van der Waals surface area contributed by atoms with Gasteiger partial charge in [-0.15, -0.1) is 0 Å². The monoisotopic (exact) mass is 312 g/mol. The molecule has 0 fully saturated rings. The number of hydrogen-bond acceptors (Lipinski definition) is 2. The number of para-hydroxylation sites is 2. The lowest BCUT2D eigenvalue weighted by Gasteiger charge is -2.06. The van der Waals surface area contributed by atoms with Crippen molar-refractivity contribution in [1.29, 1.82) is 0 Å². The lowest BCUT2D eigenvalue weighted by Crippen LogP contribution is -2.08. The van der Waals surface area contributed by atoms with E-state index in [1.165, 1.54) is 0 Å². The van der Waals surface area contributed by atoms with E-state index >= 15 is 0 Å². The van der Waals surface area contributed by atoms with E-state index in [4.69, 9.17) is 0 Å². The van der Waals surface area contributed by atoms with Crippen molar-refractivity contribution >= 4 is 43.6 Å². The van der Waals surface area contributed by atoms with E-state index in [0.29, 0.717) is 21.5 Å². The van der Waals surface area contributed by atoms with Crippen LogP contribution >= 0.6 is 0 Å². The molecule has 0 bridgehead atoms. The maximum Gasteiger partial charge on any atom is 0.197 e. The van der Waals surface area contributed by atoms with Gasteiger partial charge in [0.15, 0.2) is 10.9 Å². The van der Waals surface area contributed by atoms with Crippen molar-refractivity contribution in [2.24, 2.45) is 0 Å². The molecule has 0 saturated carbocycles. The fourth-order valence-electron chi connectivity index (χ4n) is 3.34. The Morgan fingerprint density at radius 3 is 1.46 bits per heavy atom. The van der Waals surface area contributed by atoms with Gasteiger partial charge in [0.1, 0.15) is 0 Å². The topological polar surface area (TPSA) is 65.7 Å². The molecule has 2 N–H and O–H groups in total. The van der Waals surface area contributed by atoms with Crippen LogP contribution in [-0.2, 0) is 0 Å². The molecule has 5 rings (SSSR count). The highest BCUT2D eigenvalue weighted by molar-refractivity contribution is 6.02. The van der Waals surface area contributed by atoms with E-state index < -0.39 is 0 Å². The number of fused-ring (bicyclic) bond motifs is 4. The molecule has 114 valence electrons. The largest absolute Gasteiger partial charge is 0.354 e. The van der Waals surface area contributed by atoms with Gasteiger partial charge in [0.25, 0.3) is 0 Å². The SMILES string of the molecule is O=c1c2ccccc2[nH]c2cc3[nH]c4ccccc4c(=O)c3cc12. The highest BCUT2D eigenvalue weighted by Gasteiger charge is 2.10. The van der Waals surface area contributed by atoms with Gasteiger partial charge in [-0.2, -0.15) is 0 Å². The minimum absolute atomic E-state index is 0.0613. The molecule has 0 aliphatic carbocycles. The molecule has 4 heteroatoms. The van der Waals surface area contributed by atoms with Gasteiger partial charge in [-0.25, -0.2) is 0 Å². The van der Waals surface area contributed by atoms with Crippen molar-refractivity contribution in [3.8, 4) is 0 Å². The summed E-state index contributed by atoms with van der Waals surface area (Å²) in [5.41, 5.74) is 2.90. The minimum atomic E-state index is -0.0613. The molecule has 0 saturated heterocycles. The average molecular weight is 312 g/mol. The second kappa shape index (κ2) is 4.55. The Morgan fingerprint density at radius 1 is 0.500 bits per heavy atom. The Morgan fingerprint density at radius 2 is 0.958 bits per heavy atom. The lowest BCUT2D eigenvalue weighted by atomic mass is 10.1. The number of rotatable bonds is 0. The van der Waals surface area contributed by atoms with Crippen LogP contribution in [0.1, 0.15) is 0 Å². The number of benzene rings is 3. The molecule has 0 aliphatic rings. The fourth-order valence-corrected chi connectivity index (χ4v) is 3.34. The van der Waals surface area contributed by atoms with Crippen LogP contribution in [0.3, 0.4) is 0 Å². The molecule has 24 heavy (non-hydrogen) atoms. The molecule has 0 aliphatic heterocycles. The number of aromatic nitrogens is 2. The summed E-state index contributed by atoms with van der Waals surface area (Å²) in [6, 6.07) is 18.3. The number of pyridine rings is 2. The summed E-state index contributed by atoms with van der Waals surface area (Å²) in [5.74, 6) is 0. The number of nitrogens with one attached hydrogen (secondary N) is 2. The molecule has 0 amide bonds. The maximum atomic E-state index is 12.8. The number of aromatic amines is 2. The first-order valence-electron chi connectivity index (χ1n) is 7.72. The summed E-state index contributed by atoms with van der Waals surface area (Å²) in [6.45, 7) is 0. The van der Waals surface area contributed by atoms with Crippen molar-refractivity contribution in [3.05, 3.63) is 81.1 Å². The average Bonchev–Trinajstić information content (AvgIpc) is 2.61. The number of H-pyrrole nitrogens is 2. The van der Waals surface area contributed by atoms with E-state index in [1.54, 1.807) is 18.2 Å². The van der Waals surface area contributed by atoms with Crippen LogP contribution in [0.4, 0.5) is 0 Å². The molecule has 0 atom stereocenters. The van der Waals surface area contributed by atoms with Crippen molar-refractivity contribution in [1.82, 2.24) is 9.97 Å². The summed E-state index contributed by atoms with van der Waals surface area (Å²) in [4.78, 5) is 32.1. The highest BCUT2D eigenvalue weighted by Crippen LogP contribution is 2.21. The van der Waals surface area contributed by atoms with Gasteiger partial charge in [-0.05, 0) is 36.4 Å². The van der Waals surface area contributed by atoms with Gasteiger partial charge in [-0.1, -0.05) is 24.3 Å². The predicted octanol–water partition coefficient (Wildman–Crippen LogP) is 3.68. The van der Waals surface area contributed by atoms with E-state index in [0.717, 1.165) is 22.1 Å². The van der Waals surface area contributed by atoms with Gasteiger partial charge in [-0.3, -0.25) is 9.59 Å². The fraction of sp³-hybridized carbons (Fsp3) is 0. The zero-order valence-corrected chi connectivity index (χ0v) is 12.6. The Bertz CT molecular complexity index is 1290. The third-order valence-electron chi connectivity index (χ3n) is 4.53. The van der Waals surface area contributed by atoms with Crippen molar-refractivity contribution < 1.29 is 0 Å². The summed E-state index contributed by atoms with van der Waals surface area (Å²) in [5, 5.41) is 2.31. The lowest BCUT2D eigenvalue weighted by molar-refractivity contribution is 1.45. The summed E-state index contributed by atoms with van der Waals surface area (Å²) >= 11 is 0. The second-order valence-corrected chi connectivity index (χ2v) is 5.94. The normalized spacial score (nSPS) is 11.7. The quantitative estimate of drug-likeness (QED) is 0.428. The Labute approximate surface area is 135 Å². The second-order valence-electron chi connectivity index (χ2n) is 5.94. The molecule has 0 radical (unpaired) electrons. The maximum absolute atomic E-state index is 12.8. The molecule has 2 aromatic heterocycles. The van der Waals surface area contributed by atoms with E-state index in [9.17, 15) is 9.59 Å². The van der Waals surface area contributed by atoms with Crippen LogP contribution in [0.2, 0.25) is 0 Å². The van der Waals surface area contributed by atoms with Gasteiger partial charge >= 0.3 is 0 Å². The Hall–Kier alpha value is -3.40. The summed E-state index contributed by atoms with van der Waals surface area (Å²) < 4.78 is 0. The van der Waals surface area contributed by atoms with Crippen LogP contribution < -0.4 is 10.9 Å². The molecular formula is C20H12N2O2. The van der Waals surface area contributed by atoms with Gasteiger partial charge < -0.3 is 9.97 Å². The zero-order valence-electron chi connectivity index (χ0n) is 12.6. The molecular weight excluding hydrogens is 300 g/mol. The van der Waals surface area contributed by atoms with Crippen molar-refractivity contribution in [3.63, 3.8) is 0 Å². The van der Waals surface area contributed by atoms with E-state index in [2.05, 4.69) is 9.97 Å². The standard InChI is InChI=1S/C20H12N2O2/c23-19-11-5-1-3-7-15(11)21-17-10-18-14(9-13(17)19)20(24)12-6-2-4-8-16(12)22-18/h1-10H,(H,21,23)(H,22,24). The van der Waals surface area contributed by atoms with E-state index in [1.807, 2.05) is 42.5 Å². The van der Waals surface area contributed by atoms with Gasteiger partial charge in [0, 0.05) is 32.6 Å². The molecule has 4 nitrogen and oxygen atoms in total. The highest BCUT2D eigenvalue weighted by atomic mass is 16.1. The van der Waals surface area contributed by atoms with Crippen LogP contribution in [0.5, 0.6) is 0 Å². The zero-order chi connectivity index (χ0) is 16.3. The Kier molecular flexibility index (Phi) is 2.48. The molecule has 3 aromatic carbocycles. The van der Waals surface area contributed by atoms with Crippen molar-refractivity contribution in [2.45, 2.75) is 0 Å². The Balaban J connectivity index is 2.05. The van der Waals surface area contributed by atoms with Crippen LogP contribution in [0.15, 0.2) is 70.3 Å². The molecule has 2 heterocycles. The molecule has 0 spiro atoms. The van der Waals surface area contributed by atoms with Crippen molar-refractivity contribution in [2.75, 3.05) is 0 Å². The smallest absolute Gasteiger partial charge is 0.197 e. The first-order chi connectivity index (χ1) is 11.7. The molecule has 5 aromatic rings. The third kappa shape index (κ3) is 1.68. The van der Waals surface area contributed by atoms with Crippen LogP contribution in [0, 0.1) is 0 Å². The van der Waals surface area contributed by atoms with Crippen LogP contribution in [0.25, 0.3) is 43.6 Å². The summed E-state index contributed by atoms with van der Waals surface area (Å²) in [6.07, 6.45) is 0. The number of hydrogen-bond donors (Lipinski definition) is 2. The van der Waals surface area contributed by atoms with Gasteiger partial charge in [0.2, 0.25) is 0 Å². The summed E-state index contributed by atoms with van der Waals surface area (Å²) in [7, 11) is 0. The van der Waals surface area contributed by atoms with Gasteiger partial charge in [0.05, 0.1) is 11.0 Å². The minimum Gasteiger partial charge on any atom is -0.354 e. The molecule has 0 unspecified atom stereocenters.